The Hall–Kier alpha value is -3.32. The molecule has 0 bridgehead atoms. The third kappa shape index (κ3) is 6.63. The smallest absolute Gasteiger partial charge is 0.191 e. The summed E-state index contributed by atoms with van der Waals surface area (Å²) >= 11 is 0. The van der Waals surface area contributed by atoms with Crippen molar-refractivity contribution in [1.82, 2.24) is 20.4 Å². The van der Waals surface area contributed by atoms with Gasteiger partial charge in [0.25, 0.3) is 0 Å². The topological polar surface area (TPSA) is 72.7 Å². The van der Waals surface area contributed by atoms with E-state index in [1.165, 1.54) is 11.1 Å². The van der Waals surface area contributed by atoms with Crippen molar-refractivity contribution in [1.29, 1.82) is 0 Å². The number of methoxy groups -OCH3 is 1. The first kappa shape index (κ1) is 21.4. The molecule has 2 N–H and O–H groups in total. The Labute approximate surface area is 177 Å². The van der Waals surface area contributed by atoms with Crippen LogP contribution in [0, 0.1) is 0 Å². The van der Waals surface area contributed by atoms with Crippen LogP contribution in [-0.4, -0.2) is 43.1 Å². The van der Waals surface area contributed by atoms with E-state index in [1.807, 2.05) is 41.2 Å². The zero-order chi connectivity index (χ0) is 21.0. The second-order valence-corrected chi connectivity index (χ2v) is 6.74. The second kappa shape index (κ2) is 11.6. The van der Waals surface area contributed by atoms with Gasteiger partial charge in [0.1, 0.15) is 12.4 Å². The van der Waals surface area contributed by atoms with Crippen molar-refractivity contribution >= 4 is 5.96 Å². The van der Waals surface area contributed by atoms with Gasteiger partial charge in [0.05, 0.1) is 13.2 Å². The van der Waals surface area contributed by atoms with Gasteiger partial charge in [-0.05, 0) is 34.9 Å². The van der Waals surface area contributed by atoms with Crippen molar-refractivity contribution in [3.8, 4) is 5.75 Å². The lowest BCUT2D eigenvalue weighted by Crippen LogP contribution is -2.36. The number of ether oxygens (including phenoxy) is 2. The standard InChI is InChI=1S/C23H29N5O2/c1-24-23(25-16-19-8-10-22(11-9-19)30-15-14-29-2)26-17-20-6-3-4-7-21(20)18-28-13-5-12-27-28/h3-13H,14-18H2,1-2H3,(H2,24,25,26). The Morgan fingerprint density at radius 2 is 1.73 bits per heavy atom. The maximum Gasteiger partial charge on any atom is 0.191 e. The molecular weight excluding hydrogens is 378 g/mol. The Kier molecular flexibility index (Phi) is 8.29. The fraction of sp³-hybridized carbons (Fsp3) is 0.304. The van der Waals surface area contributed by atoms with Gasteiger partial charge in [-0.2, -0.15) is 5.10 Å². The Balaban J connectivity index is 1.50. The summed E-state index contributed by atoms with van der Waals surface area (Å²) in [5.41, 5.74) is 3.60. The van der Waals surface area contributed by atoms with Crippen LogP contribution >= 0.6 is 0 Å². The van der Waals surface area contributed by atoms with Gasteiger partial charge in [0, 0.05) is 39.6 Å². The van der Waals surface area contributed by atoms with Crippen LogP contribution in [0.5, 0.6) is 5.75 Å². The number of benzene rings is 2. The summed E-state index contributed by atoms with van der Waals surface area (Å²) in [6.07, 6.45) is 3.77. The molecule has 0 spiro atoms. The van der Waals surface area contributed by atoms with E-state index in [9.17, 15) is 0 Å². The van der Waals surface area contributed by atoms with Gasteiger partial charge in [-0.25, -0.2) is 0 Å². The van der Waals surface area contributed by atoms with Crippen LogP contribution in [0.25, 0.3) is 0 Å². The second-order valence-electron chi connectivity index (χ2n) is 6.74. The fourth-order valence-corrected chi connectivity index (χ4v) is 2.98. The maximum absolute atomic E-state index is 5.60. The molecule has 3 aromatic rings. The molecule has 0 aliphatic rings. The van der Waals surface area contributed by atoms with Crippen LogP contribution < -0.4 is 15.4 Å². The van der Waals surface area contributed by atoms with Crippen molar-refractivity contribution in [3.63, 3.8) is 0 Å². The molecule has 1 aromatic heterocycles. The van der Waals surface area contributed by atoms with Crippen molar-refractivity contribution in [3.05, 3.63) is 83.7 Å². The summed E-state index contributed by atoms with van der Waals surface area (Å²) in [6, 6.07) is 18.3. The number of rotatable bonds is 10. The van der Waals surface area contributed by atoms with Crippen LogP contribution in [0.2, 0.25) is 0 Å². The fourth-order valence-electron chi connectivity index (χ4n) is 2.98. The monoisotopic (exact) mass is 407 g/mol. The minimum atomic E-state index is 0.548. The largest absolute Gasteiger partial charge is 0.491 e. The lowest BCUT2D eigenvalue weighted by Gasteiger charge is -2.15. The van der Waals surface area contributed by atoms with Crippen molar-refractivity contribution in [2.75, 3.05) is 27.4 Å². The van der Waals surface area contributed by atoms with E-state index in [2.05, 4.69) is 45.0 Å². The number of aliphatic imine (C=N–C) groups is 1. The zero-order valence-corrected chi connectivity index (χ0v) is 17.5. The normalized spacial score (nSPS) is 11.3. The minimum absolute atomic E-state index is 0.548. The SMILES string of the molecule is CN=C(NCc1ccc(OCCOC)cc1)NCc1ccccc1Cn1cccn1. The maximum atomic E-state index is 5.60. The Bertz CT molecular complexity index is 908. The van der Waals surface area contributed by atoms with E-state index < -0.39 is 0 Å². The summed E-state index contributed by atoms with van der Waals surface area (Å²) in [6.45, 7) is 3.23. The molecule has 0 saturated heterocycles. The highest BCUT2D eigenvalue weighted by molar-refractivity contribution is 5.79. The number of hydrogen-bond acceptors (Lipinski definition) is 4. The van der Waals surface area contributed by atoms with Gasteiger partial charge in [0.15, 0.2) is 5.96 Å². The minimum Gasteiger partial charge on any atom is -0.491 e. The number of hydrogen-bond donors (Lipinski definition) is 2. The number of nitrogens with zero attached hydrogens (tertiary/aromatic N) is 3. The first-order chi connectivity index (χ1) is 14.8. The summed E-state index contributed by atoms with van der Waals surface area (Å²) in [4.78, 5) is 4.33. The average molecular weight is 408 g/mol. The van der Waals surface area contributed by atoms with E-state index in [0.717, 1.165) is 23.8 Å². The molecule has 0 radical (unpaired) electrons. The third-order valence-corrected chi connectivity index (χ3v) is 4.62. The van der Waals surface area contributed by atoms with E-state index in [0.29, 0.717) is 26.3 Å². The molecule has 2 aromatic carbocycles. The van der Waals surface area contributed by atoms with Gasteiger partial charge < -0.3 is 20.1 Å². The molecule has 7 nitrogen and oxygen atoms in total. The number of guanidine groups is 1. The first-order valence-corrected chi connectivity index (χ1v) is 9.98. The Morgan fingerprint density at radius 3 is 2.43 bits per heavy atom. The highest BCUT2D eigenvalue weighted by Crippen LogP contribution is 2.12. The van der Waals surface area contributed by atoms with E-state index >= 15 is 0 Å². The van der Waals surface area contributed by atoms with Crippen LogP contribution in [0.4, 0.5) is 0 Å². The number of aromatic nitrogens is 2. The Morgan fingerprint density at radius 1 is 0.967 bits per heavy atom. The summed E-state index contributed by atoms with van der Waals surface area (Å²) in [5.74, 6) is 1.59. The molecule has 0 saturated carbocycles. The van der Waals surface area contributed by atoms with Crippen LogP contribution in [-0.2, 0) is 24.4 Å². The summed E-state index contributed by atoms with van der Waals surface area (Å²) < 4.78 is 12.5. The highest BCUT2D eigenvalue weighted by Gasteiger charge is 2.05. The lowest BCUT2D eigenvalue weighted by atomic mass is 10.1. The van der Waals surface area contributed by atoms with Gasteiger partial charge in [-0.3, -0.25) is 9.67 Å². The molecule has 0 fully saturated rings. The first-order valence-electron chi connectivity index (χ1n) is 9.98. The van der Waals surface area contributed by atoms with Crippen LogP contribution in [0.1, 0.15) is 16.7 Å². The third-order valence-electron chi connectivity index (χ3n) is 4.62. The van der Waals surface area contributed by atoms with Crippen LogP contribution in [0.15, 0.2) is 72.0 Å². The van der Waals surface area contributed by atoms with Gasteiger partial charge >= 0.3 is 0 Å². The highest BCUT2D eigenvalue weighted by atomic mass is 16.5. The number of nitrogens with one attached hydrogen (secondary N) is 2. The predicted molar refractivity (Wildman–Crippen MR) is 119 cm³/mol. The van der Waals surface area contributed by atoms with Crippen molar-refractivity contribution in [2.24, 2.45) is 4.99 Å². The molecule has 0 unspecified atom stereocenters. The van der Waals surface area contributed by atoms with E-state index in [-0.39, 0.29) is 0 Å². The summed E-state index contributed by atoms with van der Waals surface area (Å²) in [7, 11) is 3.44. The van der Waals surface area contributed by atoms with Gasteiger partial charge in [-0.1, -0.05) is 36.4 Å². The molecule has 30 heavy (non-hydrogen) atoms. The van der Waals surface area contributed by atoms with Crippen molar-refractivity contribution < 1.29 is 9.47 Å². The average Bonchev–Trinajstić information content (AvgIpc) is 3.29. The molecule has 158 valence electrons. The predicted octanol–water partition coefficient (Wildman–Crippen LogP) is 2.82. The van der Waals surface area contributed by atoms with E-state index in [4.69, 9.17) is 9.47 Å². The van der Waals surface area contributed by atoms with Gasteiger partial charge in [0.2, 0.25) is 0 Å². The van der Waals surface area contributed by atoms with Crippen LogP contribution in [0.3, 0.4) is 0 Å². The molecule has 0 aliphatic carbocycles. The molecule has 3 rings (SSSR count). The van der Waals surface area contributed by atoms with E-state index in [1.54, 1.807) is 20.4 Å². The summed E-state index contributed by atoms with van der Waals surface area (Å²) in [5, 5.41) is 11.0. The zero-order valence-electron chi connectivity index (χ0n) is 17.5. The molecule has 1 heterocycles. The molecule has 0 atom stereocenters. The van der Waals surface area contributed by atoms with Crippen molar-refractivity contribution in [2.45, 2.75) is 19.6 Å². The van der Waals surface area contributed by atoms with Gasteiger partial charge in [-0.15, -0.1) is 0 Å². The molecule has 0 aliphatic heterocycles. The molecule has 7 heteroatoms. The lowest BCUT2D eigenvalue weighted by molar-refractivity contribution is 0.146. The molecule has 0 amide bonds. The quantitative estimate of drug-likeness (QED) is 0.307. The molecular formula is C23H29N5O2.